The first-order valence-electron chi connectivity index (χ1n) is 9.61. The summed E-state index contributed by atoms with van der Waals surface area (Å²) in [6, 6.07) is 12.9. The third-order valence-electron chi connectivity index (χ3n) is 5.10. The lowest BCUT2D eigenvalue weighted by Crippen LogP contribution is -2.41. The first-order chi connectivity index (χ1) is 13.6. The van der Waals surface area contributed by atoms with Crippen LogP contribution in [0.15, 0.2) is 47.5 Å². The van der Waals surface area contributed by atoms with E-state index in [9.17, 15) is 4.39 Å². The fraction of sp³-hybridized carbons (Fsp3) is 0.409. The quantitative estimate of drug-likeness (QED) is 0.315. The van der Waals surface area contributed by atoms with Crippen LogP contribution in [0.3, 0.4) is 0 Å². The van der Waals surface area contributed by atoms with Gasteiger partial charge in [0.15, 0.2) is 17.5 Å². The van der Waals surface area contributed by atoms with E-state index in [1.165, 1.54) is 6.07 Å². The highest BCUT2D eigenvalue weighted by molar-refractivity contribution is 14.0. The molecule has 2 aromatic rings. The summed E-state index contributed by atoms with van der Waals surface area (Å²) in [7, 11) is 3.36. The van der Waals surface area contributed by atoms with Crippen molar-refractivity contribution < 1.29 is 13.9 Å². The Balaban J connectivity index is 0.00000300. The first kappa shape index (κ1) is 23.3. The van der Waals surface area contributed by atoms with E-state index in [2.05, 4.69) is 15.6 Å². The zero-order chi connectivity index (χ0) is 20.0. The van der Waals surface area contributed by atoms with Crippen molar-refractivity contribution in [3.8, 4) is 11.5 Å². The average molecular weight is 513 g/mol. The monoisotopic (exact) mass is 513 g/mol. The lowest BCUT2D eigenvalue weighted by molar-refractivity contribution is 0.310. The van der Waals surface area contributed by atoms with Gasteiger partial charge in [0.25, 0.3) is 0 Å². The van der Waals surface area contributed by atoms with Crippen molar-refractivity contribution in [2.45, 2.75) is 31.7 Å². The van der Waals surface area contributed by atoms with Crippen molar-refractivity contribution in [3.63, 3.8) is 0 Å². The molecule has 0 spiro atoms. The average Bonchev–Trinajstić information content (AvgIpc) is 3.50. The summed E-state index contributed by atoms with van der Waals surface area (Å²) in [5, 5.41) is 6.65. The van der Waals surface area contributed by atoms with Crippen molar-refractivity contribution in [1.29, 1.82) is 0 Å². The Morgan fingerprint density at radius 1 is 1.14 bits per heavy atom. The number of benzene rings is 2. The van der Waals surface area contributed by atoms with Crippen LogP contribution in [0.5, 0.6) is 11.5 Å². The Morgan fingerprint density at radius 3 is 2.52 bits per heavy atom. The molecule has 0 aliphatic heterocycles. The third kappa shape index (κ3) is 5.74. The van der Waals surface area contributed by atoms with E-state index in [0.29, 0.717) is 31.4 Å². The number of halogens is 2. The predicted octanol–water partition coefficient (Wildman–Crippen LogP) is 4.25. The molecule has 5 nitrogen and oxygen atoms in total. The van der Waals surface area contributed by atoms with Crippen LogP contribution < -0.4 is 20.1 Å². The number of hydrogen-bond donors (Lipinski definition) is 2. The van der Waals surface area contributed by atoms with E-state index in [4.69, 9.17) is 9.47 Å². The molecule has 2 aromatic carbocycles. The van der Waals surface area contributed by atoms with Crippen LogP contribution >= 0.6 is 24.0 Å². The van der Waals surface area contributed by atoms with Gasteiger partial charge in [-0.05, 0) is 49.1 Å². The van der Waals surface area contributed by atoms with E-state index >= 15 is 0 Å². The van der Waals surface area contributed by atoms with Gasteiger partial charge in [0.05, 0.1) is 13.7 Å². The molecule has 0 atom stereocenters. The van der Waals surface area contributed by atoms with Crippen LogP contribution in [0.1, 0.15) is 30.9 Å². The van der Waals surface area contributed by atoms with Gasteiger partial charge in [-0.15, -0.1) is 24.0 Å². The summed E-state index contributed by atoms with van der Waals surface area (Å²) in [5.74, 6) is 2.00. The van der Waals surface area contributed by atoms with Crippen LogP contribution in [0, 0.1) is 5.82 Å². The second kappa shape index (κ2) is 10.7. The van der Waals surface area contributed by atoms with Gasteiger partial charge in [0.2, 0.25) is 0 Å². The molecule has 0 unspecified atom stereocenters. The highest BCUT2D eigenvalue weighted by Gasteiger charge is 2.45. The van der Waals surface area contributed by atoms with Crippen LogP contribution in [0.25, 0.3) is 0 Å². The molecule has 29 heavy (non-hydrogen) atoms. The molecule has 0 radical (unpaired) electrons. The number of nitrogens with zero attached hydrogens (tertiary/aromatic N) is 1. The Morgan fingerprint density at radius 2 is 1.90 bits per heavy atom. The Labute approximate surface area is 189 Å². The predicted molar refractivity (Wildman–Crippen MR) is 125 cm³/mol. The largest absolute Gasteiger partial charge is 0.493 e. The van der Waals surface area contributed by atoms with Crippen molar-refractivity contribution >= 4 is 29.9 Å². The minimum absolute atomic E-state index is 0. The maximum absolute atomic E-state index is 14.2. The summed E-state index contributed by atoms with van der Waals surface area (Å²) < 4.78 is 25.1. The van der Waals surface area contributed by atoms with Gasteiger partial charge >= 0.3 is 0 Å². The van der Waals surface area contributed by atoms with Crippen molar-refractivity contribution in [1.82, 2.24) is 10.6 Å². The molecule has 0 aromatic heterocycles. The lowest BCUT2D eigenvalue weighted by atomic mass is 9.95. The van der Waals surface area contributed by atoms with E-state index in [1.54, 1.807) is 20.2 Å². The zero-order valence-electron chi connectivity index (χ0n) is 17.1. The van der Waals surface area contributed by atoms with Gasteiger partial charge in [-0.3, -0.25) is 4.99 Å². The van der Waals surface area contributed by atoms with Gasteiger partial charge in [-0.25, -0.2) is 4.39 Å². The molecular weight excluding hydrogens is 484 g/mol. The van der Waals surface area contributed by atoms with E-state index in [0.717, 1.165) is 29.7 Å². The van der Waals surface area contributed by atoms with Gasteiger partial charge in [0.1, 0.15) is 5.82 Å². The number of methoxy groups -OCH3 is 1. The second-order valence-corrected chi connectivity index (χ2v) is 6.96. The van der Waals surface area contributed by atoms with E-state index < -0.39 is 0 Å². The molecule has 158 valence electrons. The summed E-state index contributed by atoms with van der Waals surface area (Å²) >= 11 is 0. The number of guanidine groups is 1. The van der Waals surface area contributed by atoms with Gasteiger partial charge in [-0.1, -0.05) is 24.3 Å². The minimum Gasteiger partial charge on any atom is -0.493 e. The molecule has 2 N–H and O–H groups in total. The summed E-state index contributed by atoms with van der Waals surface area (Å²) in [5.41, 5.74) is 1.71. The molecule has 1 fully saturated rings. The molecule has 1 aliphatic rings. The van der Waals surface area contributed by atoms with Gasteiger partial charge in [0, 0.05) is 25.6 Å². The fourth-order valence-corrected chi connectivity index (χ4v) is 3.34. The molecule has 7 heteroatoms. The standard InChI is InChI=1S/C22H28FN3O2.HI/c1-4-28-20-13-16(9-10-19(20)27-3)14-25-21(24-2)26-15-22(11-12-22)17-7-5-6-8-18(17)23;/h5-10,13H,4,11-12,14-15H2,1-3H3,(H2,24,25,26);1H. The van der Waals surface area contributed by atoms with Crippen LogP contribution in [-0.2, 0) is 12.0 Å². The summed E-state index contributed by atoms with van der Waals surface area (Å²) in [6.45, 7) is 3.77. The van der Waals surface area contributed by atoms with Crippen molar-refractivity contribution in [2.75, 3.05) is 27.3 Å². The number of nitrogens with one attached hydrogen (secondary N) is 2. The number of rotatable bonds is 8. The Kier molecular flexibility index (Phi) is 8.55. The lowest BCUT2D eigenvalue weighted by Gasteiger charge is -2.20. The molecular formula is C22H29FIN3O2. The Bertz CT molecular complexity index is 841. The van der Waals surface area contributed by atoms with Crippen molar-refractivity contribution in [2.24, 2.45) is 4.99 Å². The molecule has 1 aliphatic carbocycles. The first-order valence-corrected chi connectivity index (χ1v) is 9.61. The number of ether oxygens (including phenoxy) is 2. The maximum atomic E-state index is 14.2. The number of hydrogen-bond acceptors (Lipinski definition) is 3. The van der Waals surface area contributed by atoms with Gasteiger partial charge in [-0.2, -0.15) is 0 Å². The van der Waals surface area contributed by atoms with E-state index in [-0.39, 0.29) is 35.2 Å². The fourth-order valence-electron chi connectivity index (χ4n) is 3.34. The smallest absolute Gasteiger partial charge is 0.191 e. The zero-order valence-corrected chi connectivity index (χ0v) is 19.5. The third-order valence-corrected chi connectivity index (χ3v) is 5.10. The molecule has 3 rings (SSSR count). The highest BCUT2D eigenvalue weighted by atomic mass is 127. The minimum atomic E-state index is -0.134. The summed E-state index contributed by atoms with van der Waals surface area (Å²) in [6.07, 6.45) is 1.96. The SMILES string of the molecule is CCOc1cc(CNC(=NC)NCC2(c3ccccc3F)CC2)ccc1OC.I. The van der Waals surface area contributed by atoms with E-state index in [1.807, 2.05) is 37.3 Å². The molecule has 0 bridgehead atoms. The topological polar surface area (TPSA) is 54.9 Å². The highest BCUT2D eigenvalue weighted by Crippen LogP contribution is 2.48. The molecule has 0 saturated heterocycles. The molecule has 1 saturated carbocycles. The number of aliphatic imine (C=N–C) groups is 1. The second-order valence-electron chi connectivity index (χ2n) is 6.96. The molecule has 0 amide bonds. The van der Waals surface area contributed by atoms with Crippen LogP contribution in [0.2, 0.25) is 0 Å². The molecule has 0 heterocycles. The van der Waals surface area contributed by atoms with Crippen LogP contribution in [0.4, 0.5) is 4.39 Å². The van der Waals surface area contributed by atoms with Crippen molar-refractivity contribution in [3.05, 3.63) is 59.4 Å². The summed E-state index contributed by atoms with van der Waals surface area (Å²) in [4.78, 5) is 4.29. The van der Waals surface area contributed by atoms with Gasteiger partial charge < -0.3 is 20.1 Å². The van der Waals surface area contributed by atoms with Crippen LogP contribution in [-0.4, -0.2) is 33.3 Å². The normalized spacial score (nSPS) is 14.6. The Hall–Kier alpha value is -2.03. The maximum Gasteiger partial charge on any atom is 0.191 e.